The summed E-state index contributed by atoms with van der Waals surface area (Å²) in [5.74, 6) is 0.0480. The monoisotopic (exact) mass is 372 g/mol. The van der Waals surface area contributed by atoms with Gasteiger partial charge in [-0.1, -0.05) is 6.92 Å². The summed E-state index contributed by atoms with van der Waals surface area (Å²) in [6.07, 6.45) is 2.99. The van der Waals surface area contributed by atoms with E-state index in [4.69, 9.17) is 4.74 Å². The minimum atomic E-state index is -0.192. The van der Waals surface area contributed by atoms with Crippen molar-refractivity contribution < 1.29 is 14.3 Å². The van der Waals surface area contributed by atoms with Crippen LogP contribution in [0.5, 0.6) is 0 Å². The summed E-state index contributed by atoms with van der Waals surface area (Å²) in [4.78, 5) is 36.2. The number of fused-ring (bicyclic) bond motifs is 2. The number of pyridine rings is 1. The number of aromatic nitrogens is 1. The van der Waals surface area contributed by atoms with Gasteiger partial charge in [-0.25, -0.2) is 0 Å². The summed E-state index contributed by atoms with van der Waals surface area (Å²) < 4.78 is 6.03. The molecule has 7 nitrogen and oxygen atoms in total. The average molecular weight is 372 g/mol. The predicted molar refractivity (Wildman–Crippen MR) is 100 cm³/mol. The highest BCUT2D eigenvalue weighted by molar-refractivity contribution is 5.94. The Kier molecular flexibility index (Phi) is 5.14. The van der Waals surface area contributed by atoms with Crippen molar-refractivity contribution >= 4 is 11.8 Å². The second-order valence-corrected chi connectivity index (χ2v) is 7.87. The van der Waals surface area contributed by atoms with Crippen LogP contribution >= 0.6 is 0 Å². The second kappa shape index (κ2) is 7.56. The predicted octanol–water partition coefficient (Wildman–Crippen LogP) is 0.648. The van der Waals surface area contributed by atoms with E-state index in [-0.39, 0.29) is 29.9 Å². The van der Waals surface area contributed by atoms with Gasteiger partial charge < -0.3 is 19.4 Å². The molecule has 1 aromatic heterocycles. The SMILES string of the molecule is CCc1ccc(C(=O)N2CC3CC(C(=O)N4CCN(C)CC4)C(C2)O3)cn1. The van der Waals surface area contributed by atoms with E-state index < -0.39 is 0 Å². The first-order valence-corrected chi connectivity index (χ1v) is 9.92. The van der Waals surface area contributed by atoms with Crippen molar-refractivity contribution in [2.75, 3.05) is 46.3 Å². The van der Waals surface area contributed by atoms with Gasteiger partial charge in [-0.3, -0.25) is 14.6 Å². The topological polar surface area (TPSA) is 66.0 Å². The first-order valence-electron chi connectivity index (χ1n) is 9.92. The fourth-order valence-electron chi connectivity index (χ4n) is 4.29. The molecule has 0 saturated carbocycles. The molecule has 4 heterocycles. The normalized spacial score (nSPS) is 28.4. The molecule has 7 heteroatoms. The fourth-order valence-corrected chi connectivity index (χ4v) is 4.29. The number of likely N-dealkylation sites (N-methyl/N-ethyl adjacent to an activating group) is 1. The summed E-state index contributed by atoms with van der Waals surface area (Å²) in [5.41, 5.74) is 1.59. The molecule has 0 aliphatic carbocycles. The Hall–Kier alpha value is -1.99. The Morgan fingerprint density at radius 1 is 1.15 bits per heavy atom. The molecule has 3 aliphatic rings. The molecule has 3 fully saturated rings. The lowest BCUT2D eigenvalue weighted by Gasteiger charge is -2.36. The third kappa shape index (κ3) is 3.71. The lowest BCUT2D eigenvalue weighted by Crippen LogP contribution is -2.51. The number of rotatable bonds is 3. The fraction of sp³-hybridized carbons (Fsp3) is 0.650. The molecule has 0 radical (unpaired) electrons. The number of carbonyl (C=O) groups is 2. The highest BCUT2D eigenvalue weighted by atomic mass is 16.5. The molecule has 3 unspecified atom stereocenters. The smallest absolute Gasteiger partial charge is 0.255 e. The lowest BCUT2D eigenvalue weighted by atomic mass is 9.98. The van der Waals surface area contributed by atoms with Crippen LogP contribution in [0.2, 0.25) is 0 Å². The van der Waals surface area contributed by atoms with E-state index in [1.807, 2.05) is 28.9 Å². The van der Waals surface area contributed by atoms with Gasteiger partial charge in [0.25, 0.3) is 5.91 Å². The molecular formula is C20H28N4O3. The third-order valence-electron chi connectivity index (χ3n) is 6.01. The summed E-state index contributed by atoms with van der Waals surface area (Å²) in [6, 6.07) is 3.75. The summed E-state index contributed by atoms with van der Waals surface area (Å²) >= 11 is 0. The Morgan fingerprint density at radius 2 is 1.93 bits per heavy atom. The quantitative estimate of drug-likeness (QED) is 0.779. The Labute approximate surface area is 160 Å². The molecule has 4 rings (SSSR count). The van der Waals surface area contributed by atoms with Crippen LogP contribution < -0.4 is 0 Å². The number of hydrogen-bond acceptors (Lipinski definition) is 5. The van der Waals surface area contributed by atoms with E-state index in [1.54, 1.807) is 6.20 Å². The molecule has 2 bridgehead atoms. The minimum absolute atomic E-state index is 0.0175. The zero-order valence-electron chi connectivity index (χ0n) is 16.1. The first-order chi connectivity index (χ1) is 13.0. The maximum atomic E-state index is 13.0. The number of likely N-dealkylation sites (tertiary alicyclic amines) is 1. The van der Waals surface area contributed by atoms with E-state index in [0.29, 0.717) is 25.1 Å². The van der Waals surface area contributed by atoms with Crippen LogP contribution in [-0.2, 0) is 16.0 Å². The first kappa shape index (κ1) is 18.4. The van der Waals surface area contributed by atoms with Crippen LogP contribution in [0.3, 0.4) is 0 Å². The van der Waals surface area contributed by atoms with E-state index in [0.717, 1.165) is 38.3 Å². The molecule has 2 amide bonds. The highest BCUT2D eigenvalue weighted by Crippen LogP contribution is 2.34. The van der Waals surface area contributed by atoms with Gasteiger partial charge in [0, 0.05) is 51.2 Å². The molecule has 0 N–H and O–H groups in total. The summed E-state index contributed by atoms with van der Waals surface area (Å²) in [7, 11) is 2.08. The van der Waals surface area contributed by atoms with Crippen LogP contribution in [0.1, 0.15) is 29.4 Å². The number of hydrogen-bond donors (Lipinski definition) is 0. The van der Waals surface area contributed by atoms with Crippen molar-refractivity contribution in [3.63, 3.8) is 0 Å². The number of ether oxygens (including phenoxy) is 1. The Bertz CT molecular complexity index is 700. The van der Waals surface area contributed by atoms with Crippen molar-refractivity contribution in [3.05, 3.63) is 29.6 Å². The maximum Gasteiger partial charge on any atom is 0.255 e. The minimum Gasteiger partial charge on any atom is -0.370 e. The molecule has 27 heavy (non-hydrogen) atoms. The summed E-state index contributed by atoms with van der Waals surface area (Å²) in [5, 5.41) is 0. The molecule has 1 aromatic rings. The number of nitrogens with zero attached hydrogens (tertiary/aromatic N) is 4. The number of amides is 2. The number of aryl methyl sites for hydroxylation is 1. The van der Waals surface area contributed by atoms with Gasteiger partial charge in [-0.15, -0.1) is 0 Å². The Morgan fingerprint density at radius 3 is 2.59 bits per heavy atom. The molecule has 3 aliphatic heterocycles. The third-order valence-corrected chi connectivity index (χ3v) is 6.01. The van der Waals surface area contributed by atoms with Crippen LogP contribution in [0.15, 0.2) is 18.3 Å². The van der Waals surface area contributed by atoms with Gasteiger partial charge >= 0.3 is 0 Å². The van der Waals surface area contributed by atoms with Gasteiger partial charge in [0.05, 0.1) is 23.7 Å². The van der Waals surface area contributed by atoms with Crippen LogP contribution in [0, 0.1) is 5.92 Å². The van der Waals surface area contributed by atoms with Gasteiger partial charge in [-0.2, -0.15) is 0 Å². The number of carbonyl (C=O) groups excluding carboxylic acids is 2. The lowest BCUT2D eigenvalue weighted by molar-refractivity contribution is -0.139. The van der Waals surface area contributed by atoms with E-state index in [9.17, 15) is 9.59 Å². The van der Waals surface area contributed by atoms with E-state index in [1.165, 1.54) is 0 Å². The van der Waals surface area contributed by atoms with Crippen LogP contribution in [0.4, 0.5) is 0 Å². The number of piperazine rings is 1. The maximum absolute atomic E-state index is 13.0. The van der Waals surface area contributed by atoms with Gasteiger partial charge in [0.2, 0.25) is 5.91 Å². The highest BCUT2D eigenvalue weighted by Gasteiger charge is 2.47. The molecule has 3 saturated heterocycles. The second-order valence-electron chi connectivity index (χ2n) is 7.87. The Balaban J connectivity index is 1.41. The summed E-state index contributed by atoms with van der Waals surface area (Å²) in [6.45, 7) is 6.47. The van der Waals surface area contributed by atoms with E-state index in [2.05, 4.69) is 16.9 Å². The van der Waals surface area contributed by atoms with E-state index >= 15 is 0 Å². The number of morpholine rings is 1. The van der Waals surface area contributed by atoms with Crippen molar-refractivity contribution in [1.29, 1.82) is 0 Å². The average Bonchev–Trinajstić information content (AvgIpc) is 3.01. The van der Waals surface area contributed by atoms with Gasteiger partial charge in [0.1, 0.15) is 0 Å². The van der Waals surface area contributed by atoms with Gasteiger partial charge in [0.15, 0.2) is 0 Å². The van der Waals surface area contributed by atoms with Crippen LogP contribution in [0.25, 0.3) is 0 Å². The van der Waals surface area contributed by atoms with Crippen molar-refractivity contribution in [2.45, 2.75) is 32.0 Å². The zero-order chi connectivity index (χ0) is 19.0. The zero-order valence-corrected chi connectivity index (χ0v) is 16.1. The van der Waals surface area contributed by atoms with Crippen molar-refractivity contribution in [2.24, 2.45) is 5.92 Å². The van der Waals surface area contributed by atoms with Gasteiger partial charge in [-0.05, 0) is 32.0 Å². The standard InChI is InChI=1S/C20H28N4O3/c1-3-15-5-4-14(11-21-15)19(25)24-12-16-10-17(18(13-24)27-16)20(26)23-8-6-22(2)7-9-23/h4-5,11,16-18H,3,6-10,12-13H2,1-2H3. The molecule has 0 aromatic carbocycles. The molecule has 3 atom stereocenters. The van der Waals surface area contributed by atoms with Crippen LogP contribution in [-0.4, -0.2) is 90.0 Å². The molecular weight excluding hydrogens is 344 g/mol. The molecule has 146 valence electrons. The van der Waals surface area contributed by atoms with Crippen molar-refractivity contribution in [1.82, 2.24) is 19.7 Å². The van der Waals surface area contributed by atoms with Crippen molar-refractivity contribution in [3.8, 4) is 0 Å². The molecule has 0 spiro atoms. The largest absolute Gasteiger partial charge is 0.370 e.